The van der Waals surface area contributed by atoms with Crippen LogP contribution >= 0.6 is 11.3 Å². The third-order valence-corrected chi connectivity index (χ3v) is 7.26. The Morgan fingerprint density at radius 3 is 2.57 bits per heavy atom. The number of piperidine rings is 1. The molecule has 0 aliphatic carbocycles. The van der Waals surface area contributed by atoms with Gasteiger partial charge in [0.15, 0.2) is 0 Å². The average molecular weight is 428 g/mol. The molecule has 4 rings (SSSR count). The fourth-order valence-corrected chi connectivity index (χ4v) is 5.39. The summed E-state index contributed by atoms with van der Waals surface area (Å²) >= 11 is 1.62. The van der Waals surface area contributed by atoms with E-state index in [9.17, 15) is 4.79 Å². The van der Waals surface area contributed by atoms with Gasteiger partial charge in [-0.15, -0.1) is 11.3 Å². The van der Waals surface area contributed by atoms with Gasteiger partial charge in [0.2, 0.25) is 0 Å². The van der Waals surface area contributed by atoms with E-state index in [1.807, 2.05) is 6.07 Å². The number of nitrogens with one attached hydrogen (secondary N) is 1. The van der Waals surface area contributed by atoms with Crippen LogP contribution in [0.4, 0.5) is 5.00 Å². The molecule has 1 amide bonds. The highest BCUT2D eigenvalue weighted by atomic mass is 32.1. The van der Waals surface area contributed by atoms with E-state index in [1.54, 1.807) is 11.3 Å². The zero-order valence-electron chi connectivity index (χ0n) is 17.9. The van der Waals surface area contributed by atoms with Crippen LogP contribution in [0.3, 0.4) is 0 Å². The summed E-state index contributed by atoms with van der Waals surface area (Å²) in [6.45, 7) is 8.82. The first-order valence-electron chi connectivity index (χ1n) is 11.3. The fraction of sp³-hybridized carbons (Fsp3) is 0.542. The Bertz CT molecular complexity index is 809. The first-order chi connectivity index (χ1) is 14.7. The summed E-state index contributed by atoms with van der Waals surface area (Å²) in [6.07, 6.45) is 4.59. The normalized spacial score (nSPS) is 18.5. The predicted molar refractivity (Wildman–Crippen MR) is 125 cm³/mol. The van der Waals surface area contributed by atoms with E-state index < -0.39 is 0 Å². The second kappa shape index (κ2) is 10.4. The number of anilines is 1. The SMILES string of the molecule is CCCCN1CCC(NC(=O)c2cc(-c3ccccc3)c(N3CCOCC3)s2)CC1. The van der Waals surface area contributed by atoms with E-state index in [0.717, 1.165) is 62.7 Å². The summed E-state index contributed by atoms with van der Waals surface area (Å²) in [4.78, 5) is 18.8. The molecule has 2 aromatic rings. The fourth-order valence-electron chi connectivity index (χ4n) is 4.26. The van der Waals surface area contributed by atoms with Crippen molar-refractivity contribution >= 4 is 22.2 Å². The molecule has 3 heterocycles. The number of benzene rings is 1. The third-order valence-electron chi connectivity index (χ3n) is 6.07. The molecule has 30 heavy (non-hydrogen) atoms. The van der Waals surface area contributed by atoms with Crippen molar-refractivity contribution in [1.29, 1.82) is 0 Å². The lowest BCUT2D eigenvalue weighted by Gasteiger charge is -2.32. The maximum absolute atomic E-state index is 13.1. The highest BCUT2D eigenvalue weighted by Gasteiger charge is 2.25. The molecule has 6 heteroatoms. The van der Waals surface area contributed by atoms with Gasteiger partial charge >= 0.3 is 0 Å². The first kappa shape index (κ1) is 21.3. The number of nitrogens with zero attached hydrogens (tertiary/aromatic N) is 2. The van der Waals surface area contributed by atoms with Crippen molar-refractivity contribution in [3.05, 3.63) is 41.3 Å². The summed E-state index contributed by atoms with van der Waals surface area (Å²) in [5.41, 5.74) is 2.32. The minimum absolute atomic E-state index is 0.0729. The molecular formula is C24H33N3O2S. The number of carbonyl (C=O) groups is 1. The molecule has 0 saturated carbocycles. The van der Waals surface area contributed by atoms with Crippen LogP contribution in [0.25, 0.3) is 11.1 Å². The Balaban J connectivity index is 1.46. The molecule has 162 valence electrons. The van der Waals surface area contributed by atoms with Crippen LogP contribution in [-0.2, 0) is 4.74 Å². The molecule has 5 nitrogen and oxygen atoms in total. The maximum atomic E-state index is 13.1. The zero-order chi connectivity index (χ0) is 20.8. The number of unbranched alkanes of at least 4 members (excludes halogenated alkanes) is 1. The van der Waals surface area contributed by atoms with Crippen LogP contribution in [-0.4, -0.2) is 62.8 Å². The second-order valence-electron chi connectivity index (χ2n) is 8.24. The summed E-state index contributed by atoms with van der Waals surface area (Å²) in [7, 11) is 0. The van der Waals surface area contributed by atoms with E-state index >= 15 is 0 Å². The summed E-state index contributed by atoms with van der Waals surface area (Å²) < 4.78 is 5.53. The number of amides is 1. The molecule has 1 aromatic heterocycles. The Labute approximate surface area is 184 Å². The maximum Gasteiger partial charge on any atom is 0.261 e. The van der Waals surface area contributed by atoms with Gasteiger partial charge in [0.1, 0.15) is 0 Å². The standard InChI is InChI=1S/C24H33N3O2S/c1-2-3-11-26-12-9-20(10-13-26)25-23(28)22-18-21(19-7-5-4-6-8-19)24(30-22)27-14-16-29-17-15-27/h4-8,18,20H,2-3,9-17H2,1H3,(H,25,28). The minimum atomic E-state index is 0.0729. The predicted octanol–water partition coefficient (Wildman–Crippen LogP) is 4.25. The number of thiophene rings is 1. The minimum Gasteiger partial charge on any atom is -0.378 e. The topological polar surface area (TPSA) is 44.8 Å². The van der Waals surface area contributed by atoms with Gasteiger partial charge in [0, 0.05) is 37.8 Å². The Hall–Kier alpha value is -1.89. The number of morpholine rings is 1. The molecule has 0 atom stereocenters. The Morgan fingerprint density at radius 1 is 1.13 bits per heavy atom. The molecule has 0 unspecified atom stereocenters. The Kier molecular flexibility index (Phi) is 7.42. The lowest BCUT2D eigenvalue weighted by molar-refractivity contribution is 0.0915. The molecular weight excluding hydrogens is 394 g/mol. The van der Waals surface area contributed by atoms with Crippen LogP contribution in [0.5, 0.6) is 0 Å². The van der Waals surface area contributed by atoms with E-state index in [4.69, 9.17) is 4.74 Å². The summed E-state index contributed by atoms with van der Waals surface area (Å²) in [5, 5.41) is 4.49. The van der Waals surface area contributed by atoms with Gasteiger partial charge in [0.05, 0.1) is 23.1 Å². The zero-order valence-corrected chi connectivity index (χ0v) is 18.8. The van der Waals surface area contributed by atoms with Crippen molar-refractivity contribution in [1.82, 2.24) is 10.2 Å². The molecule has 1 aromatic carbocycles. The monoisotopic (exact) mass is 427 g/mol. The molecule has 2 saturated heterocycles. The number of carbonyl (C=O) groups excluding carboxylic acids is 1. The number of hydrogen-bond acceptors (Lipinski definition) is 5. The third kappa shape index (κ3) is 5.23. The number of hydrogen-bond donors (Lipinski definition) is 1. The van der Waals surface area contributed by atoms with Crippen molar-refractivity contribution < 1.29 is 9.53 Å². The van der Waals surface area contributed by atoms with Gasteiger partial charge in [-0.05, 0) is 37.4 Å². The van der Waals surface area contributed by atoms with Gasteiger partial charge in [-0.3, -0.25) is 4.79 Å². The molecule has 0 spiro atoms. The van der Waals surface area contributed by atoms with Crippen molar-refractivity contribution in [2.45, 2.75) is 38.6 Å². The molecule has 2 fully saturated rings. The Morgan fingerprint density at radius 2 is 1.87 bits per heavy atom. The number of ether oxygens (including phenoxy) is 1. The van der Waals surface area contributed by atoms with Crippen molar-refractivity contribution in [3.63, 3.8) is 0 Å². The van der Waals surface area contributed by atoms with Gasteiger partial charge < -0.3 is 19.9 Å². The van der Waals surface area contributed by atoms with Gasteiger partial charge in [-0.1, -0.05) is 43.7 Å². The van der Waals surface area contributed by atoms with E-state index in [0.29, 0.717) is 0 Å². The van der Waals surface area contributed by atoms with Gasteiger partial charge in [-0.2, -0.15) is 0 Å². The number of rotatable bonds is 7. The summed E-state index contributed by atoms with van der Waals surface area (Å²) in [6, 6.07) is 12.8. The number of likely N-dealkylation sites (tertiary alicyclic amines) is 1. The van der Waals surface area contributed by atoms with Crippen LogP contribution < -0.4 is 10.2 Å². The van der Waals surface area contributed by atoms with E-state index in [2.05, 4.69) is 52.4 Å². The first-order valence-corrected chi connectivity index (χ1v) is 12.1. The largest absolute Gasteiger partial charge is 0.378 e. The molecule has 1 N–H and O–H groups in total. The van der Waals surface area contributed by atoms with Gasteiger partial charge in [-0.25, -0.2) is 0 Å². The average Bonchev–Trinajstić information content (AvgIpc) is 3.26. The van der Waals surface area contributed by atoms with Crippen molar-refractivity contribution in [3.8, 4) is 11.1 Å². The van der Waals surface area contributed by atoms with Crippen LogP contribution in [0.1, 0.15) is 42.3 Å². The molecule has 0 bridgehead atoms. The van der Waals surface area contributed by atoms with E-state index in [-0.39, 0.29) is 11.9 Å². The van der Waals surface area contributed by atoms with Gasteiger partial charge in [0.25, 0.3) is 5.91 Å². The van der Waals surface area contributed by atoms with Crippen molar-refractivity contribution in [2.24, 2.45) is 0 Å². The molecule has 2 aliphatic heterocycles. The summed E-state index contributed by atoms with van der Waals surface area (Å²) in [5.74, 6) is 0.0729. The van der Waals surface area contributed by atoms with Crippen LogP contribution in [0.2, 0.25) is 0 Å². The molecule has 0 radical (unpaired) electrons. The van der Waals surface area contributed by atoms with Crippen molar-refractivity contribution in [2.75, 3.05) is 50.8 Å². The quantitative estimate of drug-likeness (QED) is 0.718. The lowest BCUT2D eigenvalue weighted by atomic mass is 10.0. The second-order valence-corrected chi connectivity index (χ2v) is 9.27. The van der Waals surface area contributed by atoms with Crippen LogP contribution in [0, 0.1) is 0 Å². The van der Waals surface area contributed by atoms with Crippen LogP contribution in [0.15, 0.2) is 36.4 Å². The smallest absolute Gasteiger partial charge is 0.261 e. The molecule has 2 aliphatic rings. The highest BCUT2D eigenvalue weighted by Crippen LogP contribution is 2.39. The highest BCUT2D eigenvalue weighted by molar-refractivity contribution is 7.18. The van der Waals surface area contributed by atoms with E-state index in [1.165, 1.54) is 30.0 Å². The lowest BCUT2D eigenvalue weighted by Crippen LogP contribution is -2.44.